The molecule has 1 unspecified atom stereocenters. The molecule has 0 aliphatic heterocycles. The van der Waals surface area contributed by atoms with Gasteiger partial charge in [0.15, 0.2) is 11.6 Å². The van der Waals surface area contributed by atoms with Crippen LogP contribution in [0.3, 0.4) is 0 Å². The number of aliphatic hydroxyl groups excluding tert-OH is 1. The lowest BCUT2D eigenvalue weighted by molar-refractivity contribution is -0.244. The predicted molar refractivity (Wildman–Crippen MR) is 90.6 cm³/mol. The van der Waals surface area contributed by atoms with E-state index in [0.29, 0.717) is 22.3 Å². The molecule has 0 heterocycles. The van der Waals surface area contributed by atoms with Crippen molar-refractivity contribution in [3.05, 3.63) is 100 Å². The normalized spacial score (nSPS) is 20.7. The van der Waals surface area contributed by atoms with Gasteiger partial charge < -0.3 is 10.2 Å². The highest BCUT2D eigenvalue weighted by atomic mass is 16.3. The average molecular weight is 329 g/mol. The Hall–Kier alpha value is -3.24. The Morgan fingerprint density at radius 2 is 1.52 bits per heavy atom. The second-order valence-corrected chi connectivity index (χ2v) is 5.92. The maximum Gasteiger partial charge on any atom is 0.193 e. The van der Waals surface area contributed by atoms with Gasteiger partial charge in [-0.1, -0.05) is 72.5 Å². The zero-order valence-electron chi connectivity index (χ0n) is 13.1. The highest BCUT2D eigenvalue weighted by Gasteiger charge is 2.32. The van der Waals surface area contributed by atoms with Crippen LogP contribution in [0.4, 0.5) is 0 Å². The highest BCUT2D eigenvalue weighted by molar-refractivity contribution is 6.21. The van der Waals surface area contributed by atoms with Crippen LogP contribution in [-0.2, 0) is 0 Å². The number of carbonyl (C=O) groups excluding carboxylic acids is 2. The van der Waals surface area contributed by atoms with Crippen LogP contribution in [0.15, 0.2) is 77.9 Å². The first-order valence-electron chi connectivity index (χ1n) is 7.85. The predicted octanol–water partition coefficient (Wildman–Crippen LogP) is 2.37. The minimum atomic E-state index is -0.995. The minimum Gasteiger partial charge on any atom is -0.872 e. The number of hydrogen-bond donors (Lipinski definition) is 1. The molecule has 1 atom stereocenters. The first-order valence-corrected chi connectivity index (χ1v) is 7.85. The van der Waals surface area contributed by atoms with Crippen LogP contribution in [0.5, 0.6) is 0 Å². The van der Waals surface area contributed by atoms with Gasteiger partial charge in [-0.2, -0.15) is 0 Å². The topological polar surface area (TPSA) is 77.4 Å². The van der Waals surface area contributed by atoms with Crippen LogP contribution in [0.25, 0.3) is 5.76 Å². The zero-order chi connectivity index (χ0) is 17.6. The number of fused-ring (bicyclic) bond motifs is 2. The summed E-state index contributed by atoms with van der Waals surface area (Å²) in [6.07, 6.45) is 3.34. The van der Waals surface area contributed by atoms with Gasteiger partial charge in [-0.25, -0.2) is 0 Å². The quantitative estimate of drug-likeness (QED) is 0.858. The Bertz CT molecular complexity index is 1010. The summed E-state index contributed by atoms with van der Waals surface area (Å²) in [7, 11) is 0. The molecule has 0 bridgehead atoms. The Balaban J connectivity index is 1.65. The molecule has 4 rings (SSSR count). The van der Waals surface area contributed by atoms with Gasteiger partial charge in [0.1, 0.15) is 6.10 Å². The first kappa shape index (κ1) is 15.3. The molecule has 0 saturated carbocycles. The Kier molecular flexibility index (Phi) is 3.48. The van der Waals surface area contributed by atoms with Crippen LogP contribution in [0.2, 0.25) is 0 Å². The largest absolute Gasteiger partial charge is 0.872 e. The van der Waals surface area contributed by atoms with Crippen LogP contribution < -0.4 is 5.11 Å². The third-order valence-electron chi connectivity index (χ3n) is 4.50. The lowest BCUT2D eigenvalue weighted by Crippen LogP contribution is -2.02. The molecule has 25 heavy (non-hydrogen) atoms. The number of aliphatic hydroxyl groups is 1. The standard InChI is InChI=1S/C21H14O4/c22-18-12-6-1-2-7-13(12)19(23)16(18)10-5-11-17-20(24)14-8-3-4-9-15(14)21(17)25/h1-11,18,22,24H/p-1/b11-5+,16-10+. The molecule has 1 N–H and O–H groups in total. The molecule has 2 aliphatic carbocycles. The fourth-order valence-corrected chi connectivity index (χ4v) is 3.23. The Morgan fingerprint density at radius 3 is 2.20 bits per heavy atom. The summed E-state index contributed by atoms with van der Waals surface area (Å²) < 4.78 is 0. The third kappa shape index (κ3) is 2.27. The maximum atomic E-state index is 12.3. The summed E-state index contributed by atoms with van der Waals surface area (Å²) in [4.78, 5) is 24.6. The number of ketones is 2. The van der Waals surface area contributed by atoms with E-state index in [-0.39, 0.29) is 28.5 Å². The second-order valence-electron chi connectivity index (χ2n) is 5.92. The van der Waals surface area contributed by atoms with Gasteiger partial charge in [0.2, 0.25) is 0 Å². The molecule has 4 heteroatoms. The summed E-state index contributed by atoms with van der Waals surface area (Å²) in [6, 6.07) is 13.5. The molecule has 0 saturated heterocycles. The summed E-state index contributed by atoms with van der Waals surface area (Å²) in [5.41, 5.74) is 2.13. The number of carbonyl (C=O) groups is 2. The first-order chi connectivity index (χ1) is 12.1. The van der Waals surface area contributed by atoms with Crippen molar-refractivity contribution in [1.29, 1.82) is 0 Å². The molecule has 0 fully saturated rings. The second kappa shape index (κ2) is 5.69. The maximum absolute atomic E-state index is 12.3. The number of rotatable bonds is 2. The van der Waals surface area contributed by atoms with Gasteiger partial charge in [0.05, 0.1) is 0 Å². The Labute approximate surface area is 144 Å². The van der Waals surface area contributed by atoms with E-state index < -0.39 is 6.10 Å². The van der Waals surface area contributed by atoms with E-state index in [4.69, 9.17) is 0 Å². The van der Waals surface area contributed by atoms with Crippen LogP contribution in [0, 0.1) is 0 Å². The zero-order valence-corrected chi connectivity index (χ0v) is 13.1. The molecule has 2 aliphatic rings. The fourth-order valence-electron chi connectivity index (χ4n) is 3.23. The van der Waals surface area contributed by atoms with E-state index in [2.05, 4.69) is 0 Å². The van der Waals surface area contributed by atoms with Gasteiger partial charge in [-0.15, -0.1) is 0 Å². The summed E-state index contributed by atoms with van der Waals surface area (Å²) >= 11 is 0. The van der Waals surface area contributed by atoms with E-state index in [1.54, 1.807) is 48.5 Å². The van der Waals surface area contributed by atoms with Crippen molar-refractivity contribution in [2.45, 2.75) is 6.10 Å². The van der Waals surface area contributed by atoms with E-state index in [1.165, 1.54) is 18.2 Å². The number of Topliss-reactive ketones (excluding diaryl/α,β-unsaturated/α-hetero) is 2. The Morgan fingerprint density at radius 1 is 0.880 bits per heavy atom. The van der Waals surface area contributed by atoms with Crippen molar-refractivity contribution in [2.75, 3.05) is 0 Å². The third-order valence-corrected chi connectivity index (χ3v) is 4.50. The van der Waals surface area contributed by atoms with Gasteiger partial charge >= 0.3 is 0 Å². The molecule has 2 aromatic carbocycles. The van der Waals surface area contributed by atoms with Gasteiger partial charge in [0.25, 0.3) is 0 Å². The van der Waals surface area contributed by atoms with Crippen molar-refractivity contribution in [1.82, 2.24) is 0 Å². The molecule has 0 spiro atoms. The molecule has 4 nitrogen and oxygen atoms in total. The lowest BCUT2D eigenvalue weighted by Gasteiger charge is -2.08. The molecule has 2 aromatic rings. The highest BCUT2D eigenvalue weighted by Crippen LogP contribution is 2.35. The summed E-state index contributed by atoms with van der Waals surface area (Å²) in [5.74, 6) is -0.890. The van der Waals surface area contributed by atoms with Crippen molar-refractivity contribution in [3.8, 4) is 0 Å². The minimum absolute atomic E-state index is 0.0653. The molecule has 122 valence electrons. The summed E-state index contributed by atoms with van der Waals surface area (Å²) in [5, 5.41) is 22.6. The van der Waals surface area contributed by atoms with Crippen LogP contribution in [0.1, 0.15) is 37.9 Å². The molecular weight excluding hydrogens is 316 g/mol. The number of benzene rings is 2. The van der Waals surface area contributed by atoms with Gasteiger partial charge in [0, 0.05) is 22.3 Å². The number of hydrogen-bond acceptors (Lipinski definition) is 4. The molecule has 0 radical (unpaired) electrons. The van der Waals surface area contributed by atoms with Crippen LogP contribution in [-0.4, -0.2) is 16.7 Å². The SMILES string of the molecule is O=C1C(/C=C/C=C2/C(=O)c3ccccc3C2O)=C([O-])c2ccccc21. The van der Waals surface area contributed by atoms with E-state index >= 15 is 0 Å². The monoisotopic (exact) mass is 329 g/mol. The summed E-state index contributed by atoms with van der Waals surface area (Å²) in [6.45, 7) is 0. The van der Waals surface area contributed by atoms with Gasteiger partial charge in [-0.05, 0) is 11.1 Å². The average Bonchev–Trinajstić information content (AvgIpc) is 3.03. The molecular formula is C21H13O4-. The molecule has 0 amide bonds. The van der Waals surface area contributed by atoms with Crippen molar-refractivity contribution >= 4 is 17.3 Å². The van der Waals surface area contributed by atoms with E-state index in [1.807, 2.05) is 0 Å². The number of allylic oxidation sites excluding steroid dienone is 4. The fraction of sp³-hybridized carbons (Fsp3) is 0.0476. The van der Waals surface area contributed by atoms with E-state index in [9.17, 15) is 19.8 Å². The van der Waals surface area contributed by atoms with E-state index in [0.717, 1.165) is 0 Å². The van der Waals surface area contributed by atoms with Crippen molar-refractivity contribution < 1.29 is 19.8 Å². The van der Waals surface area contributed by atoms with Crippen molar-refractivity contribution in [3.63, 3.8) is 0 Å². The molecule has 0 aromatic heterocycles. The van der Waals surface area contributed by atoms with Crippen LogP contribution >= 0.6 is 0 Å². The smallest absolute Gasteiger partial charge is 0.193 e. The van der Waals surface area contributed by atoms with Crippen molar-refractivity contribution in [2.24, 2.45) is 0 Å². The van der Waals surface area contributed by atoms with Gasteiger partial charge in [-0.3, -0.25) is 9.59 Å². The lowest BCUT2D eigenvalue weighted by atomic mass is 10.1.